The zero-order chi connectivity index (χ0) is 23.1. The van der Waals surface area contributed by atoms with Crippen LogP contribution in [0.1, 0.15) is 11.3 Å². The molecule has 0 spiro atoms. The molecule has 0 aliphatic rings. The molecule has 0 aliphatic carbocycles. The van der Waals surface area contributed by atoms with Crippen molar-refractivity contribution in [3.8, 4) is 17.6 Å². The molecule has 0 atom stereocenters. The number of thiol groups is 1. The normalized spacial score (nSPS) is 11.1. The van der Waals surface area contributed by atoms with Gasteiger partial charge < -0.3 is 10.1 Å². The highest BCUT2D eigenvalue weighted by Gasteiger charge is 2.17. The number of benzene rings is 2. The number of rotatable bonds is 5. The van der Waals surface area contributed by atoms with Gasteiger partial charge in [-0.3, -0.25) is 4.68 Å². The third-order valence-electron chi connectivity index (χ3n) is 5.10. The van der Waals surface area contributed by atoms with Crippen LogP contribution in [0.25, 0.3) is 21.9 Å². The van der Waals surface area contributed by atoms with Crippen LogP contribution >= 0.6 is 36.0 Å². The zero-order valence-electron chi connectivity index (χ0n) is 17.1. The van der Waals surface area contributed by atoms with Gasteiger partial charge in [-0.2, -0.15) is 19.5 Å². The van der Waals surface area contributed by atoms with Crippen LogP contribution in [0, 0.1) is 11.3 Å². The van der Waals surface area contributed by atoms with Crippen molar-refractivity contribution in [1.82, 2.24) is 24.0 Å². The molecule has 3 aromatic heterocycles. The number of nitrogens with zero attached hydrogens (tertiary/aromatic N) is 6. The Morgan fingerprint density at radius 1 is 1.15 bits per heavy atom. The number of fused-ring (bicyclic) bond motifs is 2. The summed E-state index contributed by atoms with van der Waals surface area (Å²) in [6.45, 7) is 0.394. The molecule has 0 saturated carbocycles. The highest BCUT2D eigenvalue weighted by molar-refractivity contribution is 7.78. The van der Waals surface area contributed by atoms with Crippen LogP contribution in [-0.4, -0.2) is 31.0 Å². The largest absolute Gasteiger partial charge is 0.455 e. The number of nitriles is 1. The summed E-state index contributed by atoms with van der Waals surface area (Å²) < 4.78 is 9.30. The van der Waals surface area contributed by atoms with E-state index in [-0.39, 0.29) is 0 Å². The van der Waals surface area contributed by atoms with Crippen LogP contribution < -0.4 is 10.1 Å². The first-order chi connectivity index (χ1) is 16.0. The van der Waals surface area contributed by atoms with E-state index in [0.717, 1.165) is 22.4 Å². The molecule has 8 nitrogen and oxygen atoms in total. The van der Waals surface area contributed by atoms with Crippen molar-refractivity contribution >= 4 is 63.8 Å². The Labute approximate surface area is 203 Å². The van der Waals surface area contributed by atoms with Gasteiger partial charge in [0, 0.05) is 17.5 Å². The Hall–Kier alpha value is -3.45. The van der Waals surface area contributed by atoms with Crippen LogP contribution in [0.2, 0.25) is 10.0 Å². The molecule has 11 heteroatoms. The minimum atomic E-state index is 0.390. The summed E-state index contributed by atoms with van der Waals surface area (Å²) in [6, 6.07) is 14.3. The smallest absolute Gasteiger partial charge is 0.171 e. The summed E-state index contributed by atoms with van der Waals surface area (Å²) in [4.78, 5) is 4.51. The molecule has 164 valence electrons. The molecule has 3 heterocycles. The van der Waals surface area contributed by atoms with Crippen LogP contribution in [-0.2, 0) is 6.54 Å². The fourth-order valence-electron chi connectivity index (χ4n) is 3.58. The molecule has 0 fully saturated rings. The molecule has 1 N–H and O–H groups in total. The standard InChI is InChI=1S/C22H15Cl2N7OS/c1-26-20-5-2-15-18(29-31(33)22(15)28-20)11-30-19-4-3-17(24)21(16(19)10-27-30)32-14-7-12(9-25)6-13(23)8-14/h2-8,10,33H,11H2,1H3,(H,26,28). The fraction of sp³-hybridized carbons (Fsp3) is 0.0909. The lowest BCUT2D eigenvalue weighted by molar-refractivity contribution is 0.488. The predicted molar refractivity (Wildman–Crippen MR) is 132 cm³/mol. The summed E-state index contributed by atoms with van der Waals surface area (Å²) >= 11 is 17.0. The zero-order valence-corrected chi connectivity index (χ0v) is 19.5. The Bertz CT molecular complexity index is 1570. The monoisotopic (exact) mass is 495 g/mol. The second-order valence-corrected chi connectivity index (χ2v) is 8.38. The van der Waals surface area contributed by atoms with Crippen molar-refractivity contribution in [2.45, 2.75) is 6.54 Å². The highest BCUT2D eigenvalue weighted by Crippen LogP contribution is 2.38. The summed E-state index contributed by atoms with van der Waals surface area (Å²) in [6.07, 6.45) is 1.68. The van der Waals surface area contributed by atoms with Gasteiger partial charge in [-0.15, -0.1) is 0 Å². The number of nitrogens with one attached hydrogen (secondary N) is 1. The molecule has 0 radical (unpaired) electrons. The van der Waals surface area contributed by atoms with Gasteiger partial charge in [-0.25, -0.2) is 4.98 Å². The van der Waals surface area contributed by atoms with E-state index in [4.69, 9.17) is 27.9 Å². The first-order valence-corrected chi connectivity index (χ1v) is 10.9. The average Bonchev–Trinajstić information content (AvgIpc) is 3.36. The van der Waals surface area contributed by atoms with E-state index in [1.54, 1.807) is 42.2 Å². The quantitative estimate of drug-likeness (QED) is 0.311. The molecule has 0 amide bonds. The molecule has 5 aromatic rings. The van der Waals surface area contributed by atoms with E-state index in [0.29, 0.717) is 44.7 Å². The molecule has 0 saturated heterocycles. The van der Waals surface area contributed by atoms with Crippen molar-refractivity contribution in [3.05, 3.63) is 70.0 Å². The summed E-state index contributed by atoms with van der Waals surface area (Å²) in [5, 5.41) is 23.7. The fourth-order valence-corrected chi connectivity index (χ4v) is 4.26. The third-order valence-corrected chi connectivity index (χ3v) is 5.89. The van der Waals surface area contributed by atoms with Gasteiger partial charge in [-0.05, 0) is 55.3 Å². The topological polar surface area (TPSA) is 93.6 Å². The van der Waals surface area contributed by atoms with E-state index in [2.05, 4.69) is 39.4 Å². The molecule has 0 aliphatic heterocycles. The van der Waals surface area contributed by atoms with Crippen molar-refractivity contribution in [2.24, 2.45) is 0 Å². The van der Waals surface area contributed by atoms with Crippen LogP contribution in [0.5, 0.6) is 11.5 Å². The highest BCUT2D eigenvalue weighted by atomic mass is 35.5. The second kappa shape index (κ2) is 8.48. The maximum Gasteiger partial charge on any atom is 0.171 e. The minimum absolute atomic E-state index is 0.390. The van der Waals surface area contributed by atoms with E-state index >= 15 is 0 Å². The van der Waals surface area contributed by atoms with E-state index in [9.17, 15) is 5.26 Å². The molecule has 33 heavy (non-hydrogen) atoms. The van der Waals surface area contributed by atoms with Gasteiger partial charge in [0.1, 0.15) is 11.6 Å². The Morgan fingerprint density at radius 3 is 2.79 bits per heavy atom. The summed E-state index contributed by atoms with van der Waals surface area (Å²) in [5.74, 6) is 1.56. The number of halogens is 2. The maximum atomic E-state index is 9.20. The molecule has 2 aromatic carbocycles. The van der Waals surface area contributed by atoms with Crippen LogP contribution in [0.4, 0.5) is 5.82 Å². The lowest BCUT2D eigenvalue weighted by atomic mass is 10.2. The lowest BCUT2D eigenvalue weighted by Crippen LogP contribution is -2.02. The van der Waals surface area contributed by atoms with Crippen LogP contribution in [0.15, 0.2) is 48.7 Å². The van der Waals surface area contributed by atoms with Gasteiger partial charge in [0.15, 0.2) is 11.4 Å². The summed E-state index contributed by atoms with van der Waals surface area (Å²) in [5.41, 5.74) is 2.61. The van der Waals surface area contributed by atoms with Crippen molar-refractivity contribution in [2.75, 3.05) is 12.4 Å². The first-order valence-electron chi connectivity index (χ1n) is 9.75. The number of pyridine rings is 1. The van der Waals surface area contributed by atoms with Gasteiger partial charge in [-0.1, -0.05) is 23.2 Å². The SMILES string of the molecule is CNc1ccc2c(Cn3ncc4c(Oc5cc(Cl)cc(C#N)c5)c(Cl)ccc43)nn(S)c2n1. The number of anilines is 1. The molecular weight excluding hydrogens is 481 g/mol. The number of aromatic nitrogens is 5. The average molecular weight is 496 g/mol. The maximum absolute atomic E-state index is 9.20. The van der Waals surface area contributed by atoms with Crippen molar-refractivity contribution in [3.63, 3.8) is 0 Å². The van der Waals surface area contributed by atoms with E-state index in [1.807, 2.05) is 18.2 Å². The van der Waals surface area contributed by atoms with Crippen molar-refractivity contribution < 1.29 is 4.74 Å². The molecule has 5 rings (SSSR count). The predicted octanol–water partition coefficient (Wildman–Crippen LogP) is 5.53. The summed E-state index contributed by atoms with van der Waals surface area (Å²) in [7, 11) is 1.81. The van der Waals surface area contributed by atoms with Crippen molar-refractivity contribution in [1.29, 1.82) is 5.26 Å². The van der Waals surface area contributed by atoms with E-state index < -0.39 is 0 Å². The van der Waals surface area contributed by atoms with Gasteiger partial charge in [0.05, 0.1) is 46.0 Å². The minimum Gasteiger partial charge on any atom is -0.455 e. The van der Waals surface area contributed by atoms with Gasteiger partial charge in [0.2, 0.25) is 0 Å². The van der Waals surface area contributed by atoms with Gasteiger partial charge in [0.25, 0.3) is 0 Å². The van der Waals surface area contributed by atoms with E-state index in [1.165, 1.54) is 4.09 Å². The number of hydrogen-bond donors (Lipinski definition) is 2. The Kier molecular flexibility index (Phi) is 5.50. The lowest BCUT2D eigenvalue weighted by Gasteiger charge is -2.10. The van der Waals surface area contributed by atoms with Crippen LogP contribution in [0.3, 0.4) is 0 Å². The third kappa shape index (κ3) is 3.93. The Morgan fingerprint density at radius 2 is 2.00 bits per heavy atom. The molecule has 0 unspecified atom stereocenters. The first kappa shape index (κ1) is 21.4. The molecule has 0 bridgehead atoms. The number of hydrogen-bond acceptors (Lipinski definition) is 7. The Balaban J connectivity index is 1.54. The van der Waals surface area contributed by atoms with Gasteiger partial charge >= 0.3 is 0 Å². The number of ether oxygens (including phenoxy) is 1. The molecular formula is C22H15Cl2N7OS. The second-order valence-electron chi connectivity index (χ2n) is 7.15.